The molecule has 0 bridgehead atoms. The van der Waals surface area contributed by atoms with Crippen LogP contribution in [-0.2, 0) is 16.1 Å². The molecule has 2 heterocycles. The lowest BCUT2D eigenvalue weighted by atomic mass is 10.0. The highest BCUT2D eigenvalue weighted by Crippen LogP contribution is 2.17. The Morgan fingerprint density at radius 2 is 1.52 bits per heavy atom. The molecule has 2 aromatic carbocycles. The van der Waals surface area contributed by atoms with Crippen LogP contribution in [0.2, 0.25) is 0 Å². The summed E-state index contributed by atoms with van der Waals surface area (Å²) in [4.78, 5) is 31.2. The minimum Gasteiger partial charge on any atom is -0.368 e. The van der Waals surface area contributed by atoms with Crippen LogP contribution in [0.25, 0.3) is 0 Å². The highest BCUT2D eigenvalue weighted by atomic mass is 19.1. The number of piperidine rings is 1. The van der Waals surface area contributed by atoms with E-state index in [-0.39, 0.29) is 11.9 Å². The van der Waals surface area contributed by atoms with Crippen molar-refractivity contribution in [2.45, 2.75) is 25.4 Å². The zero-order valence-corrected chi connectivity index (χ0v) is 17.7. The molecule has 0 unspecified atom stereocenters. The van der Waals surface area contributed by atoms with Crippen LogP contribution < -0.4 is 10.2 Å². The number of hydrogen-bond donors (Lipinski definition) is 1. The van der Waals surface area contributed by atoms with E-state index in [1.165, 1.54) is 17.7 Å². The van der Waals surface area contributed by atoms with Crippen LogP contribution in [0.1, 0.15) is 18.4 Å². The first-order valence-corrected chi connectivity index (χ1v) is 10.9. The quantitative estimate of drug-likeness (QED) is 0.765. The zero-order chi connectivity index (χ0) is 21.6. The second-order valence-corrected chi connectivity index (χ2v) is 8.27. The highest BCUT2D eigenvalue weighted by molar-refractivity contribution is 6.35. The van der Waals surface area contributed by atoms with E-state index in [9.17, 15) is 14.0 Å². The van der Waals surface area contributed by atoms with Crippen molar-refractivity contribution in [2.24, 2.45) is 0 Å². The largest absolute Gasteiger partial charge is 0.368 e. The van der Waals surface area contributed by atoms with Gasteiger partial charge in [0.2, 0.25) is 0 Å². The molecule has 2 aromatic rings. The number of nitrogens with one attached hydrogen (secondary N) is 1. The fourth-order valence-corrected chi connectivity index (χ4v) is 4.29. The summed E-state index contributed by atoms with van der Waals surface area (Å²) in [6.07, 6.45) is 1.70. The lowest BCUT2D eigenvalue weighted by molar-refractivity contribution is -0.146. The standard InChI is InChI=1S/C24H29FN4O2/c25-20-6-8-22(9-7-20)28-14-16-29(17-15-28)24(31)23(30)26-21-10-12-27(13-11-21)18-19-4-2-1-3-5-19/h1-9,21H,10-18H2,(H,26,30). The summed E-state index contributed by atoms with van der Waals surface area (Å²) in [7, 11) is 0. The van der Waals surface area contributed by atoms with E-state index in [2.05, 4.69) is 27.2 Å². The molecular weight excluding hydrogens is 395 g/mol. The number of benzene rings is 2. The van der Waals surface area contributed by atoms with Crippen molar-refractivity contribution in [2.75, 3.05) is 44.2 Å². The minimum atomic E-state index is -0.503. The van der Waals surface area contributed by atoms with Gasteiger partial charge in [-0.1, -0.05) is 30.3 Å². The third kappa shape index (κ3) is 5.61. The van der Waals surface area contributed by atoms with Crippen LogP contribution in [0.3, 0.4) is 0 Å². The molecule has 0 radical (unpaired) electrons. The molecule has 2 saturated heterocycles. The summed E-state index contributed by atoms with van der Waals surface area (Å²) in [5, 5.41) is 2.94. The van der Waals surface area contributed by atoms with Gasteiger partial charge in [-0.05, 0) is 42.7 Å². The van der Waals surface area contributed by atoms with Gasteiger partial charge < -0.3 is 15.1 Å². The average molecular weight is 425 g/mol. The van der Waals surface area contributed by atoms with Crippen LogP contribution in [0.4, 0.5) is 10.1 Å². The van der Waals surface area contributed by atoms with Crippen molar-refractivity contribution >= 4 is 17.5 Å². The second kappa shape index (κ2) is 9.92. The second-order valence-electron chi connectivity index (χ2n) is 8.27. The van der Waals surface area contributed by atoms with Crippen LogP contribution in [0, 0.1) is 5.82 Å². The first kappa shape index (κ1) is 21.3. The Hall–Kier alpha value is -2.93. The summed E-state index contributed by atoms with van der Waals surface area (Å²) < 4.78 is 13.1. The number of anilines is 1. The van der Waals surface area contributed by atoms with Crippen LogP contribution in [0.15, 0.2) is 54.6 Å². The van der Waals surface area contributed by atoms with E-state index in [1.54, 1.807) is 17.0 Å². The molecule has 4 rings (SSSR count). The Labute approximate surface area is 182 Å². The van der Waals surface area contributed by atoms with Crippen molar-refractivity contribution < 1.29 is 14.0 Å². The number of carbonyl (C=O) groups is 2. The van der Waals surface area contributed by atoms with Gasteiger partial charge >= 0.3 is 11.8 Å². The predicted molar refractivity (Wildman–Crippen MR) is 118 cm³/mol. The summed E-state index contributed by atoms with van der Waals surface area (Å²) in [5.41, 5.74) is 2.22. The third-order valence-corrected chi connectivity index (χ3v) is 6.12. The Morgan fingerprint density at radius 3 is 2.16 bits per heavy atom. The van der Waals surface area contributed by atoms with Crippen molar-refractivity contribution in [3.8, 4) is 0 Å². The molecule has 164 valence electrons. The van der Waals surface area contributed by atoms with Gasteiger partial charge in [-0.3, -0.25) is 14.5 Å². The molecule has 2 aliphatic rings. The monoisotopic (exact) mass is 424 g/mol. The number of piperazine rings is 1. The normalized spacial score (nSPS) is 18.1. The maximum Gasteiger partial charge on any atom is 0.312 e. The number of nitrogens with zero attached hydrogens (tertiary/aromatic N) is 3. The van der Waals surface area contributed by atoms with E-state index < -0.39 is 11.8 Å². The topological polar surface area (TPSA) is 55.9 Å². The Bertz CT molecular complexity index is 874. The molecule has 0 aromatic heterocycles. The van der Waals surface area contributed by atoms with Gasteiger partial charge in [-0.2, -0.15) is 0 Å². The molecule has 7 heteroatoms. The van der Waals surface area contributed by atoms with E-state index in [4.69, 9.17) is 0 Å². The van der Waals surface area contributed by atoms with E-state index in [1.807, 2.05) is 18.2 Å². The molecule has 0 atom stereocenters. The fourth-order valence-electron chi connectivity index (χ4n) is 4.29. The lowest BCUT2D eigenvalue weighted by Gasteiger charge is -2.36. The Balaban J connectivity index is 1.20. The Kier molecular flexibility index (Phi) is 6.82. The van der Waals surface area contributed by atoms with Gasteiger partial charge in [-0.25, -0.2) is 4.39 Å². The summed E-state index contributed by atoms with van der Waals surface area (Å²) in [5.74, 6) is -1.22. The number of hydrogen-bond acceptors (Lipinski definition) is 4. The molecule has 2 fully saturated rings. The maximum absolute atomic E-state index is 13.1. The van der Waals surface area contributed by atoms with Gasteiger partial charge in [0, 0.05) is 57.5 Å². The van der Waals surface area contributed by atoms with Crippen LogP contribution >= 0.6 is 0 Å². The molecule has 0 saturated carbocycles. The average Bonchev–Trinajstić information content (AvgIpc) is 2.81. The third-order valence-electron chi connectivity index (χ3n) is 6.12. The smallest absolute Gasteiger partial charge is 0.312 e. The maximum atomic E-state index is 13.1. The van der Waals surface area contributed by atoms with E-state index in [0.29, 0.717) is 26.2 Å². The molecule has 2 aliphatic heterocycles. The fraction of sp³-hybridized carbons (Fsp3) is 0.417. The molecule has 6 nitrogen and oxygen atoms in total. The molecular formula is C24H29FN4O2. The minimum absolute atomic E-state index is 0.0453. The molecule has 0 aliphatic carbocycles. The van der Waals surface area contributed by atoms with Crippen molar-refractivity contribution in [1.82, 2.24) is 15.1 Å². The summed E-state index contributed by atoms with van der Waals surface area (Å²) in [6.45, 7) is 4.96. The zero-order valence-electron chi connectivity index (χ0n) is 17.7. The summed E-state index contributed by atoms with van der Waals surface area (Å²) >= 11 is 0. The van der Waals surface area contributed by atoms with E-state index >= 15 is 0 Å². The molecule has 31 heavy (non-hydrogen) atoms. The number of halogens is 1. The van der Waals surface area contributed by atoms with Crippen molar-refractivity contribution in [3.05, 3.63) is 66.0 Å². The van der Waals surface area contributed by atoms with Crippen molar-refractivity contribution in [1.29, 1.82) is 0 Å². The molecule has 2 amide bonds. The first-order valence-electron chi connectivity index (χ1n) is 10.9. The van der Waals surface area contributed by atoms with Crippen molar-refractivity contribution in [3.63, 3.8) is 0 Å². The SMILES string of the molecule is O=C(NC1CCN(Cc2ccccc2)CC1)C(=O)N1CCN(c2ccc(F)cc2)CC1. The number of amides is 2. The van der Waals surface area contributed by atoms with Gasteiger partial charge in [0.25, 0.3) is 0 Å². The highest BCUT2D eigenvalue weighted by Gasteiger charge is 2.29. The predicted octanol–water partition coefficient (Wildman–Crippen LogP) is 2.26. The van der Waals surface area contributed by atoms with Crippen LogP contribution in [-0.4, -0.2) is 66.9 Å². The Morgan fingerprint density at radius 1 is 0.871 bits per heavy atom. The number of rotatable bonds is 4. The summed E-state index contributed by atoms with van der Waals surface area (Å²) in [6, 6.07) is 16.8. The number of carbonyl (C=O) groups excluding carboxylic acids is 2. The van der Waals surface area contributed by atoms with E-state index in [0.717, 1.165) is 38.2 Å². The molecule has 1 N–H and O–H groups in total. The van der Waals surface area contributed by atoms with Gasteiger partial charge in [0.1, 0.15) is 5.82 Å². The van der Waals surface area contributed by atoms with Gasteiger partial charge in [0.05, 0.1) is 0 Å². The lowest BCUT2D eigenvalue weighted by Crippen LogP contribution is -2.54. The first-order chi connectivity index (χ1) is 15.1. The van der Waals surface area contributed by atoms with Crippen LogP contribution in [0.5, 0.6) is 0 Å². The molecule has 0 spiro atoms. The number of likely N-dealkylation sites (tertiary alicyclic amines) is 1. The van der Waals surface area contributed by atoms with Gasteiger partial charge in [0.15, 0.2) is 0 Å². The van der Waals surface area contributed by atoms with Gasteiger partial charge in [-0.15, -0.1) is 0 Å².